The largest absolute Gasteiger partial charge is 0.383 e. The first-order valence-electron chi connectivity index (χ1n) is 4.31. The molecule has 0 aromatic carbocycles. The normalized spacial score (nSPS) is 14.0. The minimum Gasteiger partial charge on any atom is -0.383 e. The van der Waals surface area contributed by atoms with Crippen molar-refractivity contribution < 1.29 is 13.2 Å². The summed E-state index contributed by atoms with van der Waals surface area (Å²) in [5, 5.41) is 5.94. The maximum Gasteiger partial charge on any atom is 0.257 e. The van der Waals surface area contributed by atoms with Crippen molar-refractivity contribution in [1.29, 1.82) is 0 Å². The quantitative estimate of drug-likeness (QED) is 0.564. The molecule has 0 radical (unpaired) electrons. The molecule has 4 N–H and O–H groups in total. The Morgan fingerprint density at radius 1 is 1.73 bits per heavy atom. The van der Waals surface area contributed by atoms with Crippen molar-refractivity contribution in [3.8, 4) is 0 Å². The first kappa shape index (κ1) is 12.1. The molecule has 0 saturated carbocycles. The number of sulfonamides is 1. The number of aromatic nitrogens is 2. The monoisotopic (exact) mass is 234 g/mol. The van der Waals surface area contributed by atoms with Crippen LogP contribution in [0.5, 0.6) is 0 Å². The Kier molecular flexibility index (Phi) is 4.21. The number of hydrogen-bond donors (Lipinski definition) is 3. The number of aromatic amines is 1. The highest BCUT2D eigenvalue weighted by Gasteiger charge is 2.19. The summed E-state index contributed by atoms with van der Waals surface area (Å²) in [7, 11) is -2.10. The third kappa shape index (κ3) is 3.27. The Hall–Kier alpha value is -0.960. The fraction of sp³-hybridized carbons (Fsp3) is 0.571. The smallest absolute Gasteiger partial charge is 0.257 e. The molecule has 1 aromatic rings. The van der Waals surface area contributed by atoms with Gasteiger partial charge in [0.15, 0.2) is 5.03 Å². The number of hydrogen-bond acceptors (Lipinski definition) is 5. The molecule has 8 heteroatoms. The number of nitrogens with two attached hydrogens (primary N) is 1. The van der Waals surface area contributed by atoms with E-state index in [9.17, 15) is 8.42 Å². The zero-order chi connectivity index (χ0) is 11.3. The molecule has 15 heavy (non-hydrogen) atoms. The van der Waals surface area contributed by atoms with E-state index < -0.39 is 16.1 Å². The zero-order valence-electron chi connectivity index (χ0n) is 8.30. The topological polar surface area (TPSA) is 110 Å². The summed E-state index contributed by atoms with van der Waals surface area (Å²) < 4.78 is 30.5. The van der Waals surface area contributed by atoms with Crippen LogP contribution >= 0.6 is 0 Å². The predicted octanol–water partition coefficient (Wildman–Crippen LogP) is -1.34. The Morgan fingerprint density at radius 2 is 2.47 bits per heavy atom. The summed E-state index contributed by atoms with van der Waals surface area (Å²) >= 11 is 0. The number of rotatable bonds is 6. The van der Waals surface area contributed by atoms with Crippen LogP contribution in [0.25, 0.3) is 0 Å². The summed E-state index contributed by atoms with van der Waals surface area (Å²) in [6, 6.07) is 0.922. The second-order valence-corrected chi connectivity index (χ2v) is 4.61. The Balaban J connectivity index is 2.72. The Morgan fingerprint density at radius 3 is 2.93 bits per heavy atom. The third-order valence-electron chi connectivity index (χ3n) is 1.74. The van der Waals surface area contributed by atoms with Crippen LogP contribution in [0, 0.1) is 0 Å². The van der Waals surface area contributed by atoms with E-state index in [0.29, 0.717) is 0 Å². The molecule has 0 bridgehead atoms. The molecular formula is C7H14N4O3S. The van der Waals surface area contributed by atoms with Gasteiger partial charge < -0.3 is 10.5 Å². The van der Waals surface area contributed by atoms with Gasteiger partial charge in [-0.2, -0.15) is 5.10 Å². The molecule has 7 nitrogen and oxygen atoms in total. The first-order chi connectivity index (χ1) is 7.10. The lowest BCUT2D eigenvalue weighted by molar-refractivity contribution is 0.177. The average Bonchev–Trinajstić information content (AvgIpc) is 2.70. The molecule has 0 fully saturated rings. The molecule has 0 aliphatic carbocycles. The van der Waals surface area contributed by atoms with Crippen LogP contribution in [0.15, 0.2) is 17.3 Å². The summed E-state index contributed by atoms with van der Waals surface area (Å²) in [5.74, 6) is 0. The van der Waals surface area contributed by atoms with Crippen LogP contribution in [0.1, 0.15) is 0 Å². The minimum absolute atomic E-state index is 0.0112. The van der Waals surface area contributed by atoms with Crippen molar-refractivity contribution in [3.63, 3.8) is 0 Å². The van der Waals surface area contributed by atoms with Crippen LogP contribution in [-0.4, -0.2) is 44.9 Å². The number of ether oxygens (including phenoxy) is 1. The second-order valence-electron chi connectivity index (χ2n) is 2.93. The lowest BCUT2D eigenvalue weighted by Crippen LogP contribution is -2.43. The van der Waals surface area contributed by atoms with Crippen LogP contribution < -0.4 is 10.5 Å². The van der Waals surface area contributed by atoms with Gasteiger partial charge in [-0.05, 0) is 6.07 Å². The highest BCUT2D eigenvalue weighted by Crippen LogP contribution is 2.03. The lowest BCUT2D eigenvalue weighted by Gasteiger charge is -2.14. The zero-order valence-corrected chi connectivity index (χ0v) is 9.12. The summed E-state index contributed by atoms with van der Waals surface area (Å²) in [6.07, 6.45) is 1.36. The maximum absolute atomic E-state index is 11.6. The maximum atomic E-state index is 11.6. The molecular weight excluding hydrogens is 220 g/mol. The summed E-state index contributed by atoms with van der Waals surface area (Å²) in [5.41, 5.74) is 5.39. The van der Waals surface area contributed by atoms with Gasteiger partial charge in [-0.1, -0.05) is 0 Å². The lowest BCUT2D eigenvalue weighted by atomic mass is 10.3. The van der Waals surface area contributed by atoms with Gasteiger partial charge in [-0.25, -0.2) is 13.1 Å². The Bertz CT molecular complexity index is 375. The highest BCUT2D eigenvalue weighted by atomic mass is 32.2. The number of H-pyrrole nitrogens is 1. The van der Waals surface area contributed by atoms with Crippen molar-refractivity contribution in [3.05, 3.63) is 12.3 Å². The van der Waals surface area contributed by atoms with Crippen LogP contribution in [-0.2, 0) is 14.8 Å². The van der Waals surface area contributed by atoms with E-state index in [1.54, 1.807) is 0 Å². The molecule has 86 valence electrons. The number of methoxy groups -OCH3 is 1. The Labute approximate surface area is 88.1 Å². The van der Waals surface area contributed by atoms with Crippen LogP contribution in [0.3, 0.4) is 0 Å². The molecule has 0 amide bonds. The number of nitrogens with zero attached hydrogens (tertiary/aromatic N) is 1. The molecule has 0 saturated heterocycles. The SMILES string of the molecule is COCC(CN)NS(=O)(=O)c1ccn[nH]1. The molecule has 1 unspecified atom stereocenters. The molecule has 0 aliphatic heterocycles. The van der Waals surface area contributed by atoms with Crippen molar-refractivity contribution in [2.45, 2.75) is 11.1 Å². The fourth-order valence-corrected chi connectivity index (χ4v) is 2.17. The van der Waals surface area contributed by atoms with E-state index in [4.69, 9.17) is 10.5 Å². The second kappa shape index (κ2) is 5.21. The van der Waals surface area contributed by atoms with Crippen LogP contribution in [0.4, 0.5) is 0 Å². The van der Waals surface area contributed by atoms with Gasteiger partial charge in [0, 0.05) is 13.7 Å². The minimum atomic E-state index is -3.58. The van der Waals surface area contributed by atoms with Crippen LogP contribution in [0.2, 0.25) is 0 Å². The molecule has 1 rings (SSSR count). The van der Waals surface area contributed by atoms with Gasteiger partial charge in [0.25, 0.3) is 10.0 Å². The standard InChI is InChI=1S/C7H14N4O3S/c1-14-5-6(4-8)11-15(12,13)7-2-3-9-10-7/h2-3,6,11H,4-5,8H2,1H3,(H,9,10). The average molecular weight is 234 g/mol. The van der Waals surface area contributed by atoms with Gasteiger partial charge >= 0.3 is 0 Å². The van der Waals surface area contributed by atoms with E-state index in [2.05, 4.69) is 14.9 Å². The molecule has 1 aromatic heterocycles. The van der Waals surface area contributed by atoms with Crippen molar-refractivity contribution in [2.24, 2.45) is 5.73 Å². The van der Waals surface area contributed by atoms with E-state index in [0.717, 1.165) is 0 Å². The summed E-state index contributed by atoms with van der Waals surface area (Å²) in [6.45, 7) is 0.394. The third-order valence-corrected chi connectivity index (χ3v) is 3.19. The van der Waals surface area contributed by atoms with E-state index in [1.807, 2.05) is 0 Å². The van der Waals surface area contributed by atoms with Gasteiger partial charge in [0.1, 0.15) is 0 Å². The van der Waals surface area contributed by atoms with Crippen molar-refractivity contribution in [2.75, 3.05) is 20.3 Å². The van der Waals surface area contributed by atoms with Gasteiger partial charge in [0.2, 0.25) is 0 Å². The van der Waals surface area contributed by atoms with Gasteiger partial charge in [0.05, 0.1) is 18.8 Å². The molecule has 1 heterocycles. The molecule has 0 spiro atoms. The van der Waals surface area contributed by atoms with E-state index in [1.165, 1.54) is 19.4 Å². The predicted molar refractivity (Wildman–Crippen MR) is 53.6 cm³/mol. The van der Waals surface area contributed by atoms with Gasteiger partial charge in [-0.3, -0.25) is 5.10 Å². The fourth-order valence-electron chi connectivity index (χ4n) is 1.03. The van der Waals surface area contributed by atoms with E-state index in [-0.39, 0.29) is 18.2 Å². The molecule has 1 atom stereocenters. The summed E-state index contributed by atoms with van der Waals surface area (Å²) in [4.78, 5) is 0. The van der Waals surface area contributed by atoms with Crippen molar-refractivity contribution >= 4 is 10.0 Å². The first-order valence-corrected chi connectivity index (χ1v) is 5.79. The van der Waals surface area contributed by atoms with E-state index >= 15 is 0 Å². The highest BCUT2D eigenvalue weighted by molar-refractivity contribution is 7.89. The van der Waals surface area contributed by atoms with Crippen molar-refractivity contribution in [1.82, 2.24) is 14.9 Å². The number of nitrogens with one attached hydrogen (secondary N) is 2. The molecule has 0 aliphatic rings. The van der Waals surface area contributed by atoms with Gasteiger partial charge in [-0.15, -0.1) is 0 Å².